The van der Waals surface area contributed by atoms with Crippen molar-refractivity contribution in [3.8, 4) is 0 Å². The van der Waals surface area contributed by atoms with Gasteiger partial charge in [0.2, 0.25) is 0 Å². The maximum absolute atomic E-state index is 13.2. The quantitative estimate of drug-likeness (QED) is 0.668. The highest BCUT2D eigenvalue weighted by atomic mass is 16.5. The van der Waals surface area contributed by atoms with Gasteiger partial charge in [0.15, 0.2) is 11.6 Å². The predicted molar refractivity (Wildman–Crippen MR) is 88.8 cm³/mol. The van der Waals surface area contributed by atoms with Gasteiger partial charge in [-0.25, -0.2) is 0 Å². The summed E-state index contributed by atoms with van der Waals surface area (Å²) in [5.74, 6) is -1.67. The van der Waals surface area contributed by atoms with E-state index in [0.717, 1.165) is 27.8 Å². The second-order valence-electron chi connectivity index (χ2n) is 7.59. The first-order valence-electron chi connectivity index (χ1n) is 8.44. The van der Waals surface area contributed by atoms with Crippen LogP contribution in [0.3, 0.4) is 0 Å². The lowest BCUT2D eigenvalue weighted by atomic mass is 9.73. The summed E-state index contributed by atoms with van der Waals surface area (Å²) in [7, 11) is 0. The smallest absolute Gasteiger partial charge is 0.154 e. The third-order valence-corrected chi connectivity index (χ3v) is 6.09. The van der Waals surface area contributed by atoms with Crippen LogP contribution in [0.5, 0.6) is 0 Å². The van der Waals surface area contributed by atoms with Crippen molar-refractivity contribution >= 4 is 11.6 Å². The number of rotatable bonds is 2. The number of hydrogen-bond acceptors (Lipinski definition) is 4. The molecule has 1 aliphatic carbocycles. The molecule has 0 amide bonds. The van der Waals surface area contributed by atoms with Gasteiger partial charge in [0.1, 0.15) is 5.92 Å². The third kappa shape index (κ3) is 1.76. The maximum atomic E-state index is 13.2. The minimum absolute atomic E-state index is 0.0259. The molecule has 1 aromatic rings. The van der Waals surface area contributed by atoms with Crippen LogP contribution in [-0.2, 0) is 14.3 Å². The number of aliphatic hydroxyl groups excluding tert-OH is 1. The molecule has 1 N–H and O–H groups in total. The number of carbonyl (C=O) groups excluding carboxylic acids is 2. The average molecular weight is 326 g/mol. The van der Waals surface area contributed by atoms with Gasteiger partial charge >= 0.3 is 0 Å². The Morgan fingerprint density at radius 1 is 1.12 bits per heavy atom. The fourth-order valence-corrected chi connectivity index (χ4v) is 5.17. The second kappa shape index (κ2) is 4.87. The summed E-state index contributed by atoms with van der Waals surface area (Å²) >= 11 is 0. The monoisotopic (exact) mass is 326 g/mol. The molecule has 126 valence electrons. The fraction of sp³-hybridized carbons (Fsp3) is 0.500. The van der Waals surface area contributed by atoms with Crippen molar-refractivity contribution in [2.45, 2.75) is 45.3 Å². The van der Waals surface area contributed by atoms with Gasteiger partial charge in [-0.3, -0.25) is 9.59 Å². The zero-order chi connectivity index (χ0) is 17.4. The highest BCUT2D eigenvalue weighted by Crippen LogP contribution is 2.57. The number of Topliss-reactive ketones (excluding diaryl/α,β-unsaturated/α-hetero) is 2. The number of aliphatic hydroxyl groups is 1. The standard InChI is InChI=1S/C20H22O4/c1-9-5-10(2)14(11(3)6-9)16-18(22)15-13-7-12(8-21)20(4,24-13)17(15)19(16)23/h5-7,13,15-17,21H,8H2,1-4H3/t13-,15-,16?,17+,20+/m0/s1. The number of ether oxygens (including phenoxy) is 1. The molecule has 0 radical (unpaired) electrons. The first-order valence-corrected chi connectivity index (χ1v) is 8.44. The van der Waals surface area contributed by atoms with E-state index < -0.39 is 23.4 Å². The van der Waals surface area contributed by atoms with Gasteiger partial charge in [-0.05, 0) is 50.0 Å². The van der Waals surface area contributed by atoms with Gasteiger partial charge in [-0.2, -0.15) is 0 Å². The topological polar surface area (TPSA) is 63.6 Å². The molecule has 4 nitrogen and oxygen atoms in total. The Bertz CT molecular complexity index is 783. The SMILES string of the molecule is Cc1cc(C)c(C2C(=O)[C@H]3[C@@H]4C=C(CO)[C@@](C)(O4)[C@H]3C2=O)c(C)c1. The van der Waals surface area contributed by atoms with Gasteiger partial charge in [0, 0.05) is 0 Å². The first kappa shape index (κ1) is 15.7. The second-order valence-corrected chi connectivity index (χ2v) is 7.59. The highest BCUT2D eigenvalue weighted by Gasteiger charge is 2.68. The van der Waals surface area contributed by atoms with E-state index >= 15 is 0 Å². The van der Waals surface area contributed by atoms with Gasteiger partial charge in [0.05, 0.1) is 30.1 Å². The van der Waals surface area contributed by atoms with Crippen molar-refractivity contribution in [2.75, 3.05) is 6.61 Å². The number of benzene rings is 1. The highest BCUT2D eigenvalue weighted by molar-refractivity contribution is 6.17. The van der Waals surface area contributed by atoms with Crippen LogP contribution in [0, 0.1) is 32.6 Å². The molecule has 0 aromatic heterocycles. The van der Waals surface area contributed by atoms with E-state index in [-0.39, 0.29) is 24.3 Å². The summed E-state index contributed by atoms with van der Waals surface area (Å²) in [6, 6.07) is 4.06. The molecule has 2 bridgehead atoms. The van der Waals surface area contributed by atoms with Crippen molar-refractivity contribution in [3.05, 3.63) is 46.0 Å². The summed E-state index contributed by atoms with van der Waals surface area (Å²) in [5.41, 5.74) is 3.87. The lowest BCUT2D eigenvalue weighted by molar-refractivity contribution is -0.129. The zero-order valence-corrected chi connectivity index (χ0v) is 14.4. The normalized spacial score (nSPS) is 37.1. The Hall–Kier alpha value is -1.78. The molecule has 2 fully saturated rings. The summed E-state index contributed by atoms with van der Waals surface area (Å²) in [6.07, 6.45) is 1.46. The number of ketones is 2. The maximum Gasteiger partial charge on any atom is 0.154 e. The molecule has 2 aliphatic heterocycles. The fourth-order valence-electron chi connectivity index (χ4n) is 5.17. The molecule has 1 saturated heterocycles. The Kier molecular flexibility index (Phi) is 3.19. The van der Waals surface area contributed by atoms with E-state index in [2.05, 4.69) is 0 Å². The van der Waals surface area contributed by atoms with E-state index in [1.807, 2.05) is 45.9 Å². The lowest BCUT2D eigenvalue weighted by Crippen LogP contribution is -2.40. The Morgan fingerprint density at radius 3 is 2.33 bits per heavy atom. The van der Waals surface area contributed by atoms with Crippen LogP contribution in [0.1, 0.15) is 35.1 Å². The Labute approximate surface area is 141 Å². The summed E-state index contributed by atoms with van der Waals surface area (Å²) in [4.78, 5) is 26.4. The van der Waals surface area contributed by atoms with Crippen LogP contribution in [0.25, 0.3) is 0 Å². The van der Waals surface area contributed by atoms with Crippen molar-refractivity contribution in [2.24, 2.45) is 11.8 Å². The summed E-state index contributed by atoms with van der Waals surface area (Å²) < 4.78 is 5.94. The number of carbonyl (C=O) groups is 2. The number of hydrogen-bond donors (Lipinski definition) is 1. The minimum Gasteiger partial charge on any atom is -0.392 e. The van der Waals surface area contributed by atoms with E-state index in [4.69, 9.17) is 4.74 Å². The van der Waals surface area contributed by atoms with E-state index in [1.54, 1.807) is 0 Å². The molecular weight excluding hydrogens is 304 g/mol. The third-order valence-electron chi connectivity index (χ3n) is 6.09. The zero-order valence-electron chi connectivity index (χ0n) is 14.4. The lowest BCUT2D eigenvalue weighted by Gasteiger charge is -2.29. The van der Waals surface area contributed by atoms with E-state index in [1.165, 1.54) is 0 Å². The van der Waals surface area contributed by atoms with Gasteiger partial charge in [-0.1, -0.05) is 23.8 Å². The molecule has 5 atom stereocenters. The molecule has 3 aliphatic rings. The van der Waals surface area contributed by atoms with Crippen molar-refractivity contribution in [3.63, 3.8) is 0 Å². The molecule has 1 saturated carbocycles. The summed E-state index contributed by atoms with van der Waals surface area (Å²) in [6.45, 7) is 7.65. The van der Waals surface area contributed by atoms with Crippen LogP contribution in [0.2, 0.25) is 0 Å². The van der Waals surface area contributed by atoms with Crippen molar-refractivity contribution in [1.82, 2.24) is 0 Å². The van der Waals surface area contributed by atoms with Gasteiger partial charge < -0.3 is 9.84 Å². The van der Waals surface area contributed by atoms with Gasteiger partial charge in [-0.15, -0.1) is 0 Å². The van der Waals surface area contributed by atoms with Crippen LogP contribution < -0.4 is 0 Å². The predicted octanol–water partition coefficient (Wildman–Crippen LogP) is 2.17. The molecule has 4 heteroatoms. The molecule has 24 heavy (non-hydrogen) atoms. The van der Waals surface area contributed by atoms with E-state index in [9.17, 15) is 14.7 Å². The first-order chi connectivity index (χ1) is 11.3. The van der Waals surface area contributed by atoms with E-state index in [0.29, 0.717) is 0 Å². The molecule has 4 rings (SSSR count). The number of fused-ring (bicyclic) bond motifs is 5. The summed E-state index contributed by atoms with van der Waals surface area (Å²) in [5, 5.41) is 9.58. The minimum atomic E-state index is -0.835. The molecule has 1 unspecified atom stereocenters. The molecule has 1 aromatic carbocycles. The Morgan fingerprint density at radius 2 is 1.75 bits per heavy atom. The van der Waals surface area contributed by atoms with Crippen LogP contribution in [-0.4, -0.2) is 35.0 Å². The molecular formula is C20H22O4. The van der Waals surface area contributed by atoms with Crippen LogP contribution in [0.4, 0.5) is 0 Å². The number of aryl methyl sites for hydroxylation is 3. The largest absolute Gasteiger partial charge is 0.392 e. The van der Waals surface area contributed by atoms with Crippen molar-refractivity contribution in [1.29, 1.82) is 0 Å². The van der Waals surface area contributed by atoms with Crippen LogP contribution in [0.15, 0.2) is 23.8 Å². The average Bonchev–Trinajstić information content (AvgIpc) is 3.07. The van der Waals surface area contributed by atoms with Crippen molar-refractivity contribution < 1.29 is 19.4 Å². The molecule has 0 spiro atoms. The van der Waals surface area contributed by atoms with Crippen LogP contribution >= 0.6 is 0 Å². The van der Waals surface area contributed by atoms with Gasteiger partial charge in [0.25, 0.3) is 0 Å². The Balaban J connectivity index is 1.82. The molecule has 2 heterocycles.